The van der Waals surface area contributed by atoms with Crippen molar-refractivity contribution in [3.63, 3.8) is 0 Å². The fourth-order valence-electron chi connectivity index (χ4n) is 2.21. The van der Waals surface area contributed by atoms with Crippen LogP contribution in [0.3, 0.4) is 0 Å². The third-order valence-corrected chi connectivity index (χ3v) is 4.82. The molecule has 0 spiro atoms. The van der Waals surface area contributed by atoms with Crippen LogP contribution in [0.15, 0.2) is 48.5 Å². The second kappa shape index (κ2) is 6.83. The maximum Gasteiger partial charge on any atom is 0.232 e. The smallest absolute Gasteiger partial charge is 0.232 e. The molecule has 0 radical (unpaired) electrons. The number of sulfonamides is 1. The van der Waals surface area contributed by atoms with Crippen LogP contribution in [0.4, 0.5) is 11.4 Å². The SMILES string of the molecule is Cc1ccccc1CC(=O)Nc1ccccc1N(C)S(C)(=O)=O. The van der Waals surface area contributed by atoms with Crippen molar-refractivity contribution in [2.75, 3.05) is 22.9 Å². The highest BCUT2D eigenvalue weighted by atomic mass is 32.2. The van der Waals surface area contributed by atoms with E-state index in [1.165, 1.54) is 7.05 Å². The molecule has 0 atom stereocenters. The summed E-state index contributed by atoms with van der Waals surface area (Å²) >= 11 is 0. The normalized spacial score (nSPS) is 11.1. The molecule has 23 heavy (non-hydrogen) atoms. The quantitative estimate of drug-likeness (QED) is 0.915. The van der Waals surface area contributed by atoms with Crippen LogP contribution >= 0.6 is 0 Å². The van der Waals surface area contributed by atoms with Gasteiger partial charge in [-0.1, -0.05) is 36.4 Å². The van der Waals surface area contributed by atoms with Crippen molar-refractivity contribution in [3.8, 4) is 0 Å². The number of nitrogens with zero attached hydrogens (tertiary/aromatic N) is 1. The van der Waals surface area contributed by atoms with Crippen LogP contribution in [0.5, 0.6) is 0 Å². The number of rotatable bonds is 5. The molecule has 0 heterocycles. The minimum absolute atomic E-state index is 0.186. The van der Waals surface area contributed by atoms with Gasteiger partial charge in [-0.15, -0.1) is 0 Å². The molecule has 2 aromatic carbocycles. The molecule has 0 aliphatic rings. The molecule has 0 unspecified atom stereocenters. The van der Waals surface area contributed by atoms with E-state index >= 15 is 0 Å². The Bertz CT molecular complexity index is 816. The zero-order chi connectivity index (χ0) is 17.0. The lowest BCUT2D eigenvalue weighted by Crippen LogP contribution is -2.26. The molecule has 0 bridgehead atoms. The average molecular weight is 332 g/mol. The largest absolute Gasteiger partial charge is 0.324 e. The van der Waals surface area contributed by atoms with E-state index < -0.39 is 10.0 Å². The molecule has 6 heteroatoms. The number of carbonyl (C=O) groups excluding carboxylic acids is 1. The molecule has 122 valence electrons. The molecule has 2 aromatic rings. The Morgan fingerprint density at radius 1 is 1.09 bits per heavy atom. The minimum atomic E-state index is -3.40. The van der Waals surface area contributed by atoms with E-state index in [4.69, 9.17) is 0 Å². The predicted molar refractivity (Wildman–Crippen MR) is 93.2 cm³/mol. The van der Waals surface area contributed by atoms with Crippen LogP contribution < -0.4 is 9.62 Å². The number of hydrogen-bond acceptors (Lipinski definition) is 3. The fraction of sp³-hybridized carbons (Fsp3) is 0.235. The number of anilines is 2. The Labute approximate surface area is 137 Å². The Balaban J connectivity index is 2.21. The first kappa shape index (κ1) is 17.0. The van der Waals surface area contributed by atoms with Crippen LogP contribution in [0.1, 0.15) is 11.1 Å². The van der Waals surface area contributed by atoms with Crippen LogP contribution in [-0.2, 0) is 21.2 Å². The van der Waals surface area contributed by atoms with Gasteiger partial charge in [0.05, 0.1) is 24.1 Å². The molecule has 0 aliphatic carbocycles. The van der Waals surface area contributed by atoms with Crippen molar-refractivity contribution < 1.29 is 13.2 Å². The Hall–Kier alpha value is -2.34. The van der Waals surface area contributed by atoms with Gasteiger partial charge in [-0.25, -0.2) is 8.42 Å². The van der Waals surface area contributed by atoms with Crippen LogP contribution in [-0.4, -0.2) is 27.6 Å². The molecule has 1 amide bonds. The lowest BCUT2D eigenvalue weighted by atomic mass is 10.1. The summed E-state index contributed by atoms with van der Waals surface area (Å²) in [7, 11) is -1.94. The van der Waals surface area contributed by atoms with Gasteiger partial charge >= 0.3 is 0 Å². The number of hydrogen-bond donors (Lipinski definition) is 1. The van der Waals surface area contributed by atoms with E-state index in [1.54, 1.807) is 24.3 Å². The summed E-state index contributed by atoms with van der Waals surface area (Å²) in [6.45, 7) is 1.95. The van der Waals surface area contributed by atoms with E-state index in [0.717, 1.165) is 21.7 Å². The van der Waals surface area contributed by atoms with E-state index in [1.807, 2.05) is 31.2 Å². The van der Waals surface area contributed by atoms with Gasteiger partial charge in [0.15, 0.2) is 0 Å². The number of aryl methyl sites for hydroxylation is 1. The maximum absolute atomic E-state index is 12.3. The van der Waals surface area contributed by atoms with Gasteiger partial charge in [0.25, 0.3) is 0 Å². The molecule has 0 aromatic heterocycles. The summed E-state index contributed by atoms with van der Waals surface area (Å²) in [6, 6.07) is 14.5. The number of carbonyl (C=O) groups is 1. The molecule has 2 rings (SSSR count). The average Bonchev–Trinajstić information content (AvgIpc) is 2.48. The lowest BCUT2D eigenvalue weighted by molar-refractivity contribution is -0.115. The third-order valence-electron chi connectivity index (χ3n) is 3.63. The number of para-hydroxylation sites is 2. The highest BCUT2D eigenvalue weighted by Gasteiger charge is 2.16. The maximum atomic E-state index is 12.3. The molecule has 0 fully saturated rings. The third kappa shape index (κ3) is 4.32. The standard InChI is InChI=1S/C17H20N2O3S/c1-13-8-4-5-9-14(13)12-17(20)18-15-10-6-7-11-16(15)19(2)23(3,21)22/h4-11H,12H2,1-3H3,(H,18,20). The van der Waals surface area contributed by atoms with E-state index in [0.29, 0.717) is 11.4 Å². The molecular weight excluding hydrogens is 312 g/mol. The summed E-state index contributed by atoms with van der Waals surface area (Å²) in [4.78, 5) is 12.3. The Morgan fingerprint density at radius 3 is 2.35 bits per heavy atom. The van der Waals surface area contributed by atoms with Gasteiger partial charge in [0, 0.05) is 7.05 Å². The summed E-state index contributed by atoms with van der Waals surface area (Å²) in [5.74, 6) is -0.186. The first-order valence-corrected chi connectivity index (χ1v) is 9.01. The highest BCUT2D eigenvalue weighted by Crippen LogP contribution is 2.26. The molecule has 0 aliphatic heterocycles. The van der Waals surface area contributed by atoms with Crippen molar-refractivity contribution in [1.29, 1.82) is 0 Å². The first-order valence-electron chi connectivity index (χ1n) is 7.16. The molecule has 5 nitrogen and oxygen atoms in total. The van der Waals surface area contributed by atoms with Crippen molar-refractivity contribution in [3.05, 3.63) is 59.7 Å². The number of nitrogens with one attached hydrogen (secondary N) is 1. The summed E-state index contributed by atoms with van der Waals surface area (Å²) in [6.07, 6.45) is 1.36. The van der Waals surface area contributed by atoms with Gasteiger partial charge in [0.2, 0.25) is 15.9 Å². The molecule has 0 saturated carbocycles. The minimum Gasteiger partial charge on any atom is -0.324 e. The monoisotopic (exact) mass is 332 g/mol. The van der Waals surface area contributed by atoms with Crippen LogP contribution in [0.2, 0.25) is 0 Å². The highest BCUT2D eigenvalue weighted by molar-refractivity contribution is 7.92. The van der Waals surface area contributed by atoms with Gasteiger partial charge < -0.3 is 5.32 Å². The Morgan fingerprint density at radius 2 is 1.70 bits per heavy atom. The fourth-order valence-corrected chi connectivity index (χ4v) is 2.72. The second-order valence-corrected chi connectivity index (χ2v) is 7.41. The van der Waals surface area contributed by atoms with E-state index in [-0.39, 0.29) is 12.3 Å². The van der Waals surface area contributed by atoms with Crippen molar-refractivity contribution in [1.82, 2.24) is 0 Å². The lowest BCUT2D eigenvalue weighted by Gasteiger charge is -2.20. The summed E-state index contributed by atoms with van der Waals surface area (Å²) in [5.41, 5.74) is 2.90. The number of amides is 1. The molecule has 1 N–H and O–H groups in total. The number of benzene rings is 2. The van der Waals surface area contributed by atoms with Crippen LogP contribution in [0.25, 0.3) is 0 Å². The van der Waals surface area contributed by atoms with Gasteiger partial charge in [-0.05, 0) is 30.2 Å². The van der Waals surface area contributed by atoms with Gasteiger partial charge in [-0.2, -0.15) is 0 Å². The predicted octanol–water partition coefficient (Wildman–Crippen LogP) is 2.57. The summed E-state index contributed by atoms with van der Waals surface area (Å²) in [5, 5.41) is 2.79. The summed E-state index contributed by atoms with van der Waals surface area (Å²) < 4.78 is 24.6. The second-order valence-electron chi connectivity index (χ2n) is 5.40. The van der Waals surface area contributed by atoms with E-state index in [9.17, 15) is 13.2 Å². The first-order chi connectivity index (χ1) is 10.8. The van der Waals surface area contributed by atoms with Crippen molar-refractivity contribution in [2.24, 2.45) is 0 Å². The zero-order valence-corrected chi connectivity index (χ0v) is 14.2. The zero-order valence-electron chi connectivity index (χ0n) is 13.4. The van der Waals surface area contributed by atoms with Gasteiger partial charge in [-0.3, -0.25) is 9.10 Å². The van der Waals surface area contributed by atoms with E-state index in [2.05, 4.69) is 5.32 Å². The Kier molecular flexibility index (Phi) is 5.05. The van der Waals surface area contributed by atoms with Crippen molar-refractivity contribution in [2.45, 2.75) is 13.3 Å². The molecule has 0 saturated heterocycles. The van der Waals surface area contributed by atoms with Crippen molar-refractivity contribution >= 4 is 27.3 Å². The van der Waals surface area contributed by atoms with Gasteiger partial charge in [0.1, 0.15) is 0 Å². The molecular formula is C17H20N2O3S. The topological polar surface area (TPSA) is 66.5 Å². The van der Waals surface area contributed by atoms with Crippen LogP contribution in [0, 0.1) is 6.92 Å².